The molecule has 2 aromatic rings. The van der Waals surface area contributed by atoms with Crippen molar-refractivity contribution in [1.82, 2.24) is 14.8 Å². The molecule has 2 aliphatic heterocycles. The predicted molar refractivity (Wildman–Crippen MR) is 112 cm³/mol. The van der Waals surface area contributed by atoms with Crippen molar-refractivity contribution in [2.75, 3.05) is 20.1 Å². The Balaban J connectivity index is 1.83. The molecule has 1 aromatic heterocycles. The Kier molecular flexibility index (Phi) is 4.04. The number of ketones is 1. The highest BCUT2D eigenvalue weighted by Gasteiger charge is 2.48. The lowest BCUT2D eigenvalue weighted by Crippen LogP contribution is -2.37. The maximum absolute atomic E-state index is 13.6. The number of Topliss-reactive ketones (excluding diaryl/α,β-unsaturated/α-hetero) is 1. The SMILES string of the molecule is CN1C(=O)C(C2=CCNC2)=C2C1=CC(C(N)=O)C(=O)C2c1cn(C)c2ccccc12. The average molecular weight is 402 g/mol. The zero-order chi connectivity index (χ0) is 21.2. The Morgan fingerprint density at radius 2 is 1.97 bits per heavy atom. The highest BCUT2D eigenvalue weighted by atomic mass is 16.2. The van der Waals surface area contributed by atoms with Gasteiger partial charge in [-0.3, -0.25) is 14.4 Å². The molecule has 0 spiro atoms. The second-order valence-corrected chi connectivity index (χ2v) is 7.99. The fourth-order valence-corrected chi connectivity index (χ4v) is 4.87. The smallest absolute Gasteiger partial charge is 0.258 e. The van der Waals surface area contributed by atoms with E-state index in [1.807, 2.05) is 48.2 Å². The minimum Gasteiger partial charge on any atom is -0.369 e. The first-order valence-corrected chi connectivity index (χ1v) is 9.91. The van der Waals surface area contributed by atoms with Crippen LogP contribution in [0.5, 0.6) is 0 Å². The molecule has 0 saturated heterocycles. The minimum absolute atomic E-state index is 0.158. The van der Waals surface area contributed by atoms with Gasteiger partial charge in [-0.2, -0.15) is 0 Å². The van der Waals surface area contributed by atoms with E-state index in [1.54, 1.807) is 13.1 Å². The normalized spacial score (nSPS) is 23.9. The molecule has 2 atom stereocenters. The fraction of sp³-hybridized carbons (Fsp3) is 0.261. The summed E-state index contributed by atoms with van der Waals surface area (Å²) < 4.78 is 1.96. The molecule has 0 radical (unpaired) electrons. The summed E-state index contributed by atoms with van der Waals surface area (Å²) in [6, 6.07) is 7.82. The van der Waals surface area contributed by atoms with Gasteiger partial charge in [-0.25, -0.2) is 0 Å². The number of hydrogen-bond acceptors (Lipinski definition) is 4. The van der Waals surface area contributed by atoms with E-state index in [-0.39, 0.29) is 11.7 Å². The molecule has 0 saturated carbocycles. The summed E-state index contributed by atoms with van der Waals surface area (Å²) in [5, 5.41) is 4.15. The van der Waals surface area contributed by atoms with Gasteiger partial charge in [-0.15, -0.1) is 0 Å². The highest BCUT2D eigenvalue weighted by molar-refractivity contribution is 6.14. The van der Waals surface area contributed by atoms with Crippen molar-refractivity contribution in [3.63, 3.8) is 0 Å². The van der Waals surface area contributed by atoms with E-state index in [4.69, 9.17) is 5.73 Å². The summed E-state index contributed by atoms with van der Waals surface area (Å²) in [6.45, 7) is 1.25. The predicted octanol–water partition coefficient (Wildman–Crippen LogP) is 1.13. The topological polar surface area (TPSA) is 97.4 Å². The number of aryl methyl sites for hydroxylation is 1. The molecule has 152 valence electrons. The number of rotatable bonds is 3. The van der Waals surface area contributed by atoms with Crippen molar-refractivity contribution in [1.29, 1.82) is 0 Å². The molecule has 3 heterocycles. The van der Waals surface area contributed by atoms with Gasteiger partial charge < -0.3 is 20.5 Å². The second kappa shape index (κ2) is 6.53. The molecular weight excluding hydrogens is 380 g/mol. The van der Waals surface area contributed by atoms with Crippen molar-refractivity contribution in [2.45, 2.75) is 5.92 Å². The lowest BCUT2D eigenvalue weighted by atomic mass is 9.74. The van der Waals surface area contributed by atoms with E-state index in [0.29, 0.717) is 29.9 Å². The highest BCUT2D eigenvalue weighted by Crippen LogP contribution is 2.48. The first-order valence-electron chi connectivity index (χ1n) is 9.91. The molecule has 3 aliphatic rings. The zero-order valence-corrected chi connectivity index (χ0v) is 16.8. The third kappa shape index (κ3) is 2.45. The molecule has 3 N–H and O–H groups in total. The number of nitrogens with zero attached hydrogens (tertiary/aromatic N) is 2. The van der Waals surface area contributed by atoms with Crippen LogP contribution in [-0.2, 0) is 21.4 Å². The Labute approximate surface area is 173 Å². The Morgan fingerprint density at radius 1 is 1.20 bits per heavy atom. The van der Waals surface area contributed by atoms with E-state index in [2.05, 4.69) is 5.32 Å². The molecule has 2 unspecified atom stereocenters. The van der Waals surface area contributed by atoms with Gasteiger partial charge in [0.25, 0.3) is 5.91 Å². The van der Waals surface area contributed by atoms with Gasteiger partial charge in [0.15, 0.2) is 5.78 Å². The maximum Gasteiger partial charge on any atom is 0.258 e. The summed E-state index contributed by atoms with van der Waals surface area (Å²) >= 11 is 0. The molecule has 2 amide bonds. The second-order valence-electron chi connectivity index (χ2n) is 7.99. The number of primary amides is 1. The van der Waals surface area contributed by atoms with Crippen molar-refractivity contribution >= 4 is 28.5 Å². The van der Waals surface area contributed by atoms with E-state index in [9.17, 15) is 14.4 Å². The van der Waals surface area contributed by atoms with Gasteiger partial charge in [0.2, 0.25) is 5.91 Å². The average Bonchev–Trinajstić information content (AvgIpc) is 3.41. The van der Waals surface area contributed by atoms with Gasteiger partial charge in [-0.1, -0.05) is 24.3 Å². The summed E-state index contributed by atoms with van der Waals surface area (Å²) in [7, 11) is 3.60. The van der Waals surface area contributed by atoms with Gasteiger partial charge in [0.05, 0.1) is 11.5 Å². The number of carbonyl (C=O) groups excluding carboxylic acids is 3. The number of amides is 2. The van der Waals surface area contributed by atoms with Crippen LogP contribution in [0.3, 0.4) is 0 Å². The molecule has 0 bridgehead atoms. The van der Waals surface area contributed by atoms with Crippen LogP contribution in [0, 0.1) is 5.92 Å². The summed E-state index contributed by atoms with van der Waals surface area (Å²) in [6.07, 6.45) is 5.46. The van der Waals surface area contributed by atoms with Crippen LogP contribution in [0.2, 0.25) is 0 Å². The number of nitrogens with two attached hydrogens (primary N) is 1. The summed E-state index contributed by atoms with van der Waals surface area (Å²) in [5.41, 5.74) is 10.1. The molecule has 1 aromatic carbocycles. The molecular formula is C23H22N4O3. The molecule has 5 rings (SSSR count). The van der Waals surface area contributed by atoms with E-state index < -0.39 is 17.7 Å². The van der Waals surface area contributed by atoms with Gasteiger partial charge in [0, 0.05) is 55.6 Å². The number of likely N-dealkylation sites (N-methyl/N-ethyl adjacent to an activating group) is 1. The third-order valence-electron chi connectivity index (χ3n) is 6.30. The van der Waals surface area contributed by atoms with Gasteiger partial charge >= 0.3 is 0 Å². The fourth-order valence-electron chi connectivity index (χ4n) is 4.87. The van der Waals surface area contributed by atoms with E-state index in [0.717, 1.165) is 22.0 Å². The molecule has 7 nitrogen and oxygen atoms in total. The first kappa shape index (κ1) is 18.6. The third-order valence-corrected chi connectivity index (χ3v) is 6.30. The van der Waals surface area contributed by atoms with Crippen LogP contribution >= 0.6 is 0 Å². The number of benzene rings is 1. The lowest BCUT2D eigenvalue weighted by Gasteiger charge is -2.28. The van der Waals surface area contributed by atoms with Crippen LogP contribution in [0.15, 0.2) is 65.0 Å². The quantitative estimate of drug-likeness (QED) is 0.752. The van der Waals surface area contributed by atoms with Gasteiger partial charge in [0.1, 0.15) is 5.92 Å². The number of fused-ring (bicyclic) bond motifs is 2. The van der Waals surface area contributed by atoms with E-state index in [1.165, 1.54) is 4.90 Å². The van der Waals surface area contributed by atoms with Crippen molar-refractivity contribution in [3.05, 3.63) is 70.6 Å². The van der Waals surface area contributed by atoms with Crippen LogP contribution in [0.4, 0.5) is 0 Å². The van der Waals surface area contributed by atoms with Gasteiger partial charge in [-0.05, 0) is 23.3 Å². The molecule has 7 heteroatoms. The number of hydrogen-bond donors (Lipinski definition) is 2. The number of allylic oxidation sites excluding steroid dienone is 1. The Morgan fingerprint density at radius 3 is 2.67 bits per heavy atom. The Bertz CT molecular complexity index is 1230. The van der Waals surface area contributed by atoms with Crippen LogP contribution in [0.25, 0.3) is 10.9 Å². The lowest BCUT2D eigenvalue weighted by molar-refractivity contribution is -0.131. The Hall–Kier alpha value is -3.45. The van der Waals surface area contributed by atoms with Crippen LogP contribution < -0.4 is 11.1 Å². The van der Waals surface area contributed by atoms with E-state index >= 15 is 0 Å². The molecule has 1 aliphatic carbocycles. The molecule has 0 fully saturated rings. The van der Waals surface area contributed by atoms with Crippen molar-refractivity contribution in [2.24, 2.45) is 18.7 Å². The minimum atomic E-state index is -1.07. The van der Waals surface area contributed by atoms with Crippen molar-refractivity contribution in [3.8, 4) is 0 Å². The van der Waals surface area contributed by atoms with Crippen LogP contribution in [0.1, 0.15) is 11.5 Å². The monoisotopic (exact) mass is 402 g/mol. The zero-order valence-electron chi connectivity index (χ0n) is 16.8. The standard InChI is InChI=1S/C23H22N4O3/c1-26-11-15(13-5-3-4-6-16(13)26)19-20-17(9-14(21(19)28)22(24)29)27(2)23(30)18(20)12-7-8-25-10-12/h3-7,9,11,14,19,25H,8,10H2,1-2H3,(H2,24,29). The molecule has 30 heavy (non-hydrogen) atoms. The van der Waals surface area contributed by atoms with Crippen LogP contribution in [-0.4, -0.2) is 47.2 Å². The number of aromatic nitrogens is 1. The summed E-state index contributed by atoms with van der Waals surface area (Å²) in [4.78, 5) is 40.5. The first-order chi connectivity index (χ1) is 14.4. The number of para-hydroxylation sites is 1. The number of nitrogens with one attached hydrogen (secondary N) is 1. The maximum atomic E-state index is 13.6. The largest absolute Gasteiger partial charge is 0.369 e. The summed E-state index contributed by atoms with van der Waals surface area (Å²) in [5.74, 6) is -2.95. The van der Waals surface area contributed by atoms with Crippen molar-refractivity contribution < 1.29 is 14.4 Å². The number of carbonyl (C=O) groups is 3.